The number of fused-ring (bicyclic) bond motifs is 1. The fraction of sp³-hybridized carbons (Fsp3) is 0.250. The molecule has 0 aromatic heterocycles. The van der Waals surface area contributed by atoms with E-state index in [1.807, 2.05) is 0 Å². The molecule has 0 atom stereocenters. The van der Waals surface area contributed by atoms with Crippen LogP contribution in [0.15, 0.2) is 54.6 Å². The Hall–Kier alpha value is -2.36. The molecule has 4 aromatic carbocycles. The lowest BCUT2D eigenvalue weighted by molar-refractivity contribution is 0.00578. The molecular weight excluding hydrogens is 331 g/mol. The molecule has 1 aliphatic carbocycles. The lowest BCUT2D eigenvalue weighted by Gasteiger charge is -2.32. The van der Waals surface area contributed by atoms with Gasteiger partial charge in [-0.1, -0.05) is 54.6 Å². The van der Waals surface area contributed by atoms with Gasteiger partial charge in [-0.05, 0) is 76.6 Å². The average Bonchev–Trinajstić information content (AvgIpc) is 3.08. The molecule has 1 aliphatic heterocycles. The van der Waals surface area contributed by atoms with Crippen molar-refractivity contribution < 1.29 is 9.31 Å². The minimum Gasteiger partial charge on any atom is -0.399 e. The van der Waals surface area contributed by atoms with Gasteiger partial charge in [-0.25, -0.2) is 0 Å². The second-order valence-corrected chi connectivity index (χ2v) is 8.85. The molecule has 6 rings (SSSR count). The standard InChI is InChI=1S/C24H21BO2/c1-23(2)24(3,4)27-25(26-23)19-13-12-17-16-7-5-6-14-8-9-15-10-11-18(19)22(17)21(15)20(14)16/h5-13H,1-4H3. The van der Waals surface area contributed by atoms with Crippen molar-refractivity contribution in [2.45, 2.75) is 38.9 Å². The molecule has 0 saturated carbocycles. The molecule has 3 heteroatoms. The van der Waals surface area contributed by atoms with Crippen molar-refractivity contribution in [1.29, 1.82) is 0 Å². The van der Waals surface area contributed by atoms with Crippen LogP contribution in [0.4, 0.5) is 0 Å². The third-order valence-corrected chi connectivity index (χ3v) is 6.83. The number of benzene rings is 4. The Morgan fingerprint density at radius 1 is 0.630 bits per heavy atom. The van der Waals surface area contributed by atoms with Gasteiger partial charge in [-0.2, -0.15) is 0 Å². The van der Waals surface area contributed by atoms with Gasteiger partial charge in [-0.3, -0.25) is 0 Å². The second kappa shape index (κ2) is 4.73. The van der Waals surface area contributed by atoms with Gasteiger partial charge in [0.15, 0.2) is 0 Å². The van der Waals surface area contributed by atoms with Crippen LogP contribution >= 0.6 is 0 Å². The van der Waals surface area contributed by atoms with Crippen molar-refractivity contribution in [2.24, 2.45) is 0 Å². The molecule has 1 heterocycles. The van der Waals surface area contributed by atoms with Crippen LogP contribution in [-0.4, -0.2) is 18.3 Å². The van der Waals surface area contributed by atoms with Gasteiger partial charge in [0.05, 0.1) is 11.2 Å². The molecule has 0 spiro atoms. The molecule has 0 unspecified atom stereocenters. The van der Waals surface area contributed by atoms with Gasteiger partial charge in [-0.15, -0.1) is 0 Å². The SMILES string of the molecule is CC1(C)OB(c2ccc3c4c2ccc2ccc5cccc-3c5c24)OC1(C)C. The van der Waals surface area contributed by atoms with E-state index >= 15 is 0 Å². The Morgan fingerprint density at radius 2 is 1.26 bits per heavy atom. The first-order chi connectivity index (χ1) is 12.9. The molecular formula is C24H21BO2. The number of hydrogen-bond donors (Lipinski definition) is 0. The van der Waals surface area contributed by atoms with Crippen LogP contribution < -0.4 is 5.46 Å². The summed E-state index contributed by atoms with van der Waals surface area (Å²) in [6, 6.07) is 20.0. The molecule has 1 fully saturated rings. The second-order valence-electron chi connectivity index (χ2n) is 8.85. The summed E-state index contributed by atoms with van der Waals surface area (Å²) in [4.78, 5) is 0. The Kier molecular flexibility index (Phi) is 2.75. The van der Waals surface area contributed by atoms with E-state index in [4.69, 9.17) is 9.31 Å². The maximum Gasteiger partial charge on any atom is 0.495 e. The lowest BCUT2D eigenvalue weighted by Crippen LogP contribution is -2.41. The minimum absolute atomic E-state index is 0.337. The van der Waals surface area contributed by atoms with E-state index in [2.05, 4.69) is 82.3 Å². The monoisotopic (exact) mass is 352 g/mol. The topological polar surface area (TPSA) is 18.5 Å². The summed E-state index contributed by atoms with van der Waals surface area (Å²) in [5, 5.41) is 7.93. The fourth-order valence-corrected chi connectivity index (χ4v) is 4.69. The van der Waals surface area contributed by atoms with Gasteiger partial charge >= 0.3 is 7.12 Å². The van der Waals surface area contributed by atoms with Crippen LogP contribution in [0.25, 0.3) is 43.4 Å². The molecule has 0 N–H and O–H groups in total. The number of rotatable bonds is 1. The van der Waals surface area contributed by atoms with Crippen molar-refractivity contribution in [2.75, 3.05) is 0 Å². The van der Waals surface area contributed by atoms with Crippen molar-refractivity contribution in [3.05, 3.63) is 54.6 Å². The molecule has 2 aliphatic rings. The van der Waals surface area contributed by atoms with Crippen LogP contribution in [0, 0.1) is 0 Å². The van der Waals surface area contributed by atoms with Crippen molar-refractivity contribution in [1.82, 2.24) is 0 Å². The highest BCUT2D eigenvalue weighted by atomic mass is 16.7. The summed E-state index contributed by atoms with van der Waals surface area (Å²) in [5.74, 6) is 0. The maximum absolute atomic E-state index is 6.37. The van der Waals surface area contributed by atoms with Crippen LogP contribution in [-0.2, 0) is 9.31 Å². The predicted molar refractivity (Wildman–Crippen MR) is 114 cm³/mol. The third kappa shape index (κ3) is 1.84. The Bertz CT molecular complexity index is 1270. The van der Waals surface area contributed by atoms with E-state index < -0.39 is 0 Å². The summed E-state index contributed by atoms with van der Waals surface area (Å²) in [7, 11) is -0.343. The van der Waals surface area contributed by atoms with Gasteiger partial charge in [0.25, 0.3) is 0 Å². The first kappa shape index (κ1) is 15.7. The quantitative estimate of drug-likeness (QED) is 0.296. The molecule has 0 amide bonds. The van der Waals surface area contributed by atoms with Gasteiger partial charge < -0.3 is 9.31 Å². The minimum atomic E-state index is -0.343. The highest BCUT2D eigenvalue weighted by Gasteiger charge is 2.52. The van der Waals surface area contributed by atoms with Crippen LogP contribution in [0.1, 0.15) is 27.7 Å². The van der Waals surface area contributed by atoms with E-state index in [0.717, 1.165) is 5.46 Å². The Balaban J connectivity index is 1.68. The highest BCUT2D eigenvalue weighted by Crippen LogP contribution is 2.47. The van der Waals surface area contributed by atoms with Crippen molar-refractivity contribution in [3.63, 3.8) is 0 Å². The van der Waals surface area contributed by atoms with Crippen LogP contribution in [0.3, 0.4) is 0 Å². The summed E-state index contributed by atoms with van der Waals surface area (Å²) < 4.78 is 12.7. The summed E-state index contributed by atoms with van der Waals surface area (Å²) in [5.41, 5.74) is 3.11. The summed E-state index contributed by atoms with van der Waals surface area (Å²) >= 11 is 0. The van der Waals surface area contributed by atoms with Crippen LogP contribution in [0.5, 0.6) is 0 Å². The highest BCUT2D eigenvalue weighted by molar-refractivity contribution is 6.65. The summed E-state index contributed by atoms with van der Waals surface area (Å²) in [6.45, 7) is 8.43. The van der Waals surface area contributed by atoms with E-state index in [1.54, 1.807) is 0 Å². The molecule has 0 radical (unpaired) electrons. The molecule has 1 saturated heterocycles. The van der Waals surface area contributed by atoms with Gasteiger partial charge in [0, 0.05) is 0 Å². The van der Waals surface area contributed by atoms with E-state index in [-0.39, 0.29) is 18.3 Å². The maximum atomic E-state index is 6.37. The average molecular weight is 352 g/mol. The third-order valence-electron chi connectivity index (χ3n) is 6.83. The van der Waals surface area contributed by atoms with Crippen molar-refractivity contribution in [3.8, 4) is 11.1 Å². The van der Waals surface area contributed by atoms with Crippen molar-refractivity contribution >= 4 is 44.9 Å². The Labute approximate surface area is 159 Å². The fourth-order valence-electron chi connectivity index (χ4n) is 4.69. The lowest BCUT2D eigenvalue weighted by atomic mass is 9.75. The van der Waals surface area contributed by atoms with E-state index in [9.17, 15) is 0 Å². The molecule has 27 heavy (non-hydrogen) atoms. The zero-order valence-electron chi connectivity index (χ0n) is 16.1. The first-order valence-corrected chi connectivity index (χ1v) is 9.64. The zero-order chi connectivity index (χ0) is 18.6. The van der Waals surface area contributed by atoms with Gasteiger partial charge in [0.1, 0.15) is 0 Å². The smallest absolute Gasteiger partial charge is 0.399 e. The largest absolute Gasteiger partial charge is 0.495 e. The van der Waals surface area contributed by atoms with E-state index in [1.165, 1.54) is 43.4 Å². The predicted octanol–water partition coefficient (Wildman–Crippen LogP) is 5.43. The van der Waals surface area contributed by atoms with E-state index in [0.29, 0.717) is 0 Å². The first-order valence-electron chi connectivity index (χ1n) is 9.64. The summed E-state index contributed by atoms with van der Waals surface area (Å²) in [6.07, 6.45) is 0. The number of hydrogen-bond acceptors (Lipinski definition) is 2. The molecule has 2 nitrogen and oxygen atoms in total. The van der Waals surface area contributed by atoms with Gasteiger partial charge in [0.2, 0.25) is 0 Å². The molecule has 4 aromatic rings. The Morgan fingerprint density at radius 3 is 2.00 bits per heavy atom. The normalized spacial score (nSPS) is 19.3. The molecule has 0 bridgehead atoms. The molecule has 132 valence electrons. The zero-order valence-corrected chi connectivity index (χ0v) is 16.1. The van der Waals surface area contributed by atoms with Crippen LogP contribution in [0.2, 0.25) is 0 Å².